The fraction of sp³-hybridized carbons (Fsp3) is 0.333. The Morgan fingerprint density at radius 3 is 2.79 bits per heavy atom. The Bertz CT molecular complexity index is 499. The average molecular weight is 286 g/mol. The first-order valence-corrected chi connectivity index (χ1v) is 5.99. The molecule has 1 atom stereocenters. The van der Waals surface area contributed by atoms with Crippen LogP contribution in [0.4, 0.5) is 5.69 Å². The van der Waals surface area contributed by atoms with Gasteiger partial charge in [-0.05, 0) is 12.1 Å². The van der Waals surface area contributed by atoms with Crippen LogP contribution in [0.3, 0.4) is 0 Å². The number of hydrogen-bond acceptors (Lipinski definition) is 4. The summed E-state index contributed by atoms with van der Waals surface area (Å²) in [6.07, 6.45) is -0.758. The molecule has 0 aromatic heterocycles. The first-order chi connectivity index (χ1) is 9.09. The molecule has 6 nitrogen and oxygen atoms in total. The highest BCUT2D eigenvalue weighted by atomic mass is 35.5. The number of aromatic carboxylic acids is 1. The van der Waals surface area contributed by atoms with Crippen molar-refractivity contribution < 1.29 is 24.2 Å². The summed E-state index contributed by atoms with van der Waals surface area (Å²) >= 11 is 5.91. The number of benzene rings is 1. The van der Waals surface area contributed by atoms with Crippen molar-refractivity contribution in [2.75, 3.05) is 25.1 Å². The van der Waals surface area contributed by atoms with Crippen molar-refractivity contribution in [1.29, 1.82) is 0 Å². The number of para-hydroxylation sites is 1. The number of carbonyl (C=O) groups is 2. The van der Waals surface area contributed by atoms with Crippen LogP contribution in [-0.4, -0.2) is 42.9 Å². The molecule has 102 valence electrons. The molecule has 2 N–H and O–H groups in total. The summed E-state index contributed by atoms with van der Waals surface area (Å²) in [6, 6.07) is 4.37. The summed E-state index contributed by atoms with van der Waals surface area (Å²) in [5.74, 6) is -1.64. The van der Waals surface area contributed by atoms with Gasteiger partial charge >= 0.3 is 5.97 Å². The first-order valence-electron chi connectivity index (χ1n) is 5.61. The van der Waals surface area contributed by atoms with Crippen LogP contribution in [0, 0.1) is 0 Å². The zero-order chi connectivity index (χ0) is 13.8. The van der Waals surface area contributed by atoms with E-state index in [9.17, 15) is 9.59 Å². The van der Waals surface area contributed by atoms with Crippen LogP contribution < -0.4 is 5.32 Å². The van der Waals surface area contributed by atoms with E-state index in [4.69, 9.17) is 26.2 Å². The summed E-state index contributed by atoms with van der Waals surface area (Å²) in [5, 5.41) is 11.7. The molecule has 1 aromatic carbocycles. The van der Waals surface area contributed by atoms with Crippen LogP contribution in [0.5, 0.6) is 0 Å². The van der Waals surface area contributed by atoms with Gasteiger partial charge in [0.2, 0.25) is 0 Å². The SMILES string of the molecule is O=C(O)c1cccc(Cl)c1NC(=O)C1COCCO1. The van der Waals surface area contributed by atoms with Crippen LogP contribution in [0.1, 0.15) is 10.4 Å². The standard InChI is InChI=1S/C12H12ClNO5/c13-8-3-1-2-7(12(16)17)10(8)14-11(15)9-6-18-4-5-19-9/h1-3,9H,4-6H2,(H,14,15)(H,16,17). The maximum absolute atomic E-state index is 11.9. The summed E-state index contributed by atoms with van der Waals surface area (Å²) in [7, 11) is 0. The molecule has 0 radical (unpaired) electrons. The van der Waals surface area contributed by atoms with Crippen molar-refractivity contribution in [3.05, 3.63) is 28.8 Å². The smallest absolute Gasteiger partial charge is 0.337 e. The van der Waals surface area contributed by atoms with Crippen molar-refractivity contribution in [2.24, 2.45) is 0 Å². The van der Waals surface area contributed by atoms with Crippen molar-refractivity contribution >= 4 is 29.2 Å². The summed E-state index contributed by atoms with van der Waals surface area (Å²) in [4.78, 5) is 23.0. The Hall–Kier alpha value is -1.63. The Labute approximate surface area is 114 Å². The molecule has 1 heterocycles. The molecule has 0 spiro atoms. The molecule has 1 amide bonds. The maximum atomic E-state index is 11.9. The lowest BCUT2D eigenvalue weighted by Gasteiger charge is -2.22. The number of hydrogen-bond donors (Lipinski definition) is 2. The zero-order valence-corrected chi connectivity index (χ0v) is 10.6. The van der Waals surface area contributed by atoms with Crippen LogP contribution in [0.2, 0.25) is 5.02 Å². The molecule has 1 unspecified atom stereocenters. The minimum absolute atomic E-state index is 0.0656. The van der Waals surface area contributed by atoms with E-state index < -0.39 is 18.0 Å². The maximum Gasteiger partial charge on any atom is 0.337 e. The molecule has 0 saturated carbocycles. The van der Waals surface area contributed by atoms with Gasteiger partial charge in [-0.15, -0.1) is 0 Å². The summed E-state index contributed by atoms with van der Waals surface area (Å²) < 4.78 is 10.3. The Morgan fingerprint density at radius 2 is 2.16 bits per heavy atom. The number of halogens is 1. The van der Waals surface area contributed by atoms with Gasteiger partial charge in [-0.2, -0.15) is 0 Å². The van der Waals surface area contributed by atoms with E-state index >= 15 is 0 Å². The number of ether oxygens (including phenoxy) is 2. The third-order valence-corrected chi connectivity index (χ3v) is 2.92. The van der Waals surface area contributed by atoms with Crippen LogP contribution >= 0.6 is 11.6 Å². The average Bonchev–Trinajstić information content (AvgIpc) is 2.41. The van der Waals surface area contributed by atoms with Crippen LogP contribution in [-0.2, 0) is 14.3 Å². The van der Waals surface area contributed by atoms with Gasteiger partial charge in [-0.25, -0.2) is 4.79 Å². The van der Waals surface area contributed by atoms with E-state index in [2.05, 4.69) is 5.32 Å². The number of carboxylic acid groups (broad SMARTS) is 1. The topological polar surface area (TPSA) is 84.9 Å². The molecule has 19 heavy (non-hydrogen) atoms. The number of amides is 1. The minimum atomic E-state index is -1.17. The minimum Gasteiger partial charge on any atom is -0.478 e. The number of nitrogens with one attached hydrogen (secondary N) is 1. The number of anilines is 1. The molecule has 1 aliphatic rings. The highest BCUT2D eigenvalue weighted by Gasteiger charge is 2.25. The lowest BCUT2D eigenvalue weighted by atomic mass is 10.1. The van der Waals surface area contributed by atoms with Gasteiger partial charge < -0.3 is 19.9 Å². The van der Waals surface area contributed by atoms with Gasteiger partial charge in [0, 0.05) is 0 Å². The molecular formula is C12H12ClNO5. The second-order valence-electron chi connectivity index (χ2n) is 3.89. The largest absolute Gasteiger partial charge is 0.478 e. The monoisotopic (exact) mass is 285 g/mol. The number of carboxylic acids is 1. The third kappa shape index (κ3) is 3.23. The fourth-order valence-electron chi connectivity index (χ4n) is 1.67. The lowest BCUT2D eigenvalue weighted by molar-refractivity contribution is -0.142. The van der Waals surface area contributed by atoms with E-state index in [-0.39, 0.29) is 22.9 Å². The summed E-state index contributed by atoms with van der Waals surface area (Å²) in [5.41, 5.74) is -0.00609. The molecule has 1 aromatic rings. The third-order valence-electron chi connectivity index (χ3n) is 2.60. The van der Waals surface area contributed by atoms with E-state index in [0.29, 0.717) is 13.2 Å². The highest BCUT2D eigenvalue weighted by Crippen LogP contribution is 2.26. The predicted octanol–water partition coefficient (Wildman–Crippen LogP) is 1.39. The van der Waals surface area contributed by atoms with Crippen molar-refractivity contribution in [2.45, 2.75) is 6.10 Å². The van der Waals surface area contributed by atoms with Crippen LogP contribution in [0.15, 0.2) is 18.2 Å². The molecule has 1 fully saturated rings. The van der Waals surface area contributed by atoms with Gasteiger partial charge in [0.25, 0.3) is 5.91 Å². The Kier molecular flexibility index (Phi) is 4.36. The van der Waals surface area contributed by atoms with E-state index in [1.807, 2.05) is 0 Å². The molecule has 1 saturated heterocycles. The zero-order valence-electron chi connectivity index (χ0n) is 9.89. The van der Waals surface area contributed by atoms with Gasteiger partial charge in [-0.1, -0.05) is 17.7 Å². The molecule has 2 rings (SSSR count). The van der Waals surface area contributed by atoms with Crippen molar-refractivity contribution in [3.63, 3.8) is 0 Å². The van der Waals surface area contributed by atoms with E-state index in [1.54, 1.807) is 0 Å². The lowest BCUT2D eigenvalue weighted by Crippen LogP contribution is -2.39. The van der Waals surface area contributed by atoms with Crippen molar-refractivity contribution in [1.82, 2.24) is 0 Å². The van der Waals surface area contributed by atoms with Gasteiger partial charge in [0.05, 0.1) is 36.1 Å². The highest BCUT2D eigenvalue weighted by molar-refractivity contribution is 6.34. The molecule has 0 bridgehead atoms. The second-order valence-corrected chi connectivity index (χ2v) is 4.30. The first kappa shape index (κ1) is 13.8. The molecule has 0 aliphatic carbocycles. The molecule has 7 heteroatoms. The number of rotatable bonds is 3. The number of carbonyl (C=O) groups excluding carboxylic acids is 1. The normalized spacial score (nSPS) is 18.9. The van der Waals surface area contributed by atoms with Gasteiger partial charge in [0.1, 0.15) is 0 Å². The second kappa shape index (κ2) is 6.01. The van der Waals surface area contributed by atoms with Gasteiger partial charge in [-0.3, -0.25) is 4.79 Å². The predicted molar refractivity (Wildman–Crippen MR) is 67.6 cm³/mol. The van der Waals surface area contributed by atoms with Crippen molar-refractivity contribution in [3.8, 4) is 0 Å². The molecular weight excluding hydrogens is 274 g/mol. The molecule has 1 aliphatic heterocycles. The Morgan fingerprint density at radius 1 is 1.37 bits per heavy atom. The van der Waals surface area contributed by atoms with E-state index in [1.165, 1.54) is 18.2 Å². The quantitative estimate of drug-likeness (QED) is 0.877. The van der Waals surface area contributed by atoms with Gasteiger partial charge in [0.15, 0.2) is 6.10 Å². The summed E-state index contributed by atoms with van der Waals surface area (Å²) in [6.45, 7) is 0.904. The Balaban J connectivity index is 2.18. The van der Waals surface area contributed by atoms with E-state index in [0.717, 1.165) is 0 Å². The van der Waals surface area contributed by atoms with Crippen LogP contribution in [0.25, 0.3) is 0 Å². The fourth-order valence-corrected chi connectivity index (χ4v) is 1.89.